The molecule has 2 aliphatic rings. The lowest BCUT2D eigenvalue weighted by atomic mass is 9.73. The Morgan fingerprint density at radius 2 is 1.90 bits per heavy atom. The second-order valence-electron chi connectivity index (χ2n) is 6.47. The molecule has 3 rings (SSSR count). The maximum atomic E-state index is 11.7. The molecule has 2 amide bonds. The average Bonchev–Trinajstić information content (AvgIpc) is 2.67. The standard InChI is InChI=1S/C16H20N2O2/c1-16(2)8-4-3-5-13(16)17-10-6-7-11-12(9-10)15(20)18-14(11)19/h6-7,9,13,17H,3-5,8H2,1-2H3,(H,18,19,20). The Hall–Kier alpha value is -1.84. The van der Waals surface area contributed by atoms with Gasteiger partial charge in [-0.1, -0.05) is 26.7 Å². The van der Waals surface area contributed by atoms with Crippen LogP contribution < -0.4 is 10.6 Å². The van der Waals surface area contributed by atoms with E-state index < -0.39 is 0 Å². The number of anilines is 1. The van der Waals surface area contributed by atoms with E-state index in [1.807, 2.05) is 6.07 Å². The van der Waals surface area contributed by atoms with Crippen molar-refractivity contribution in [2.24, 2.45) is 5.41 Å². The third-order valence-electron chi connectivity index (χ3n) is 4.58. The minimum absolute atomic E-state index is 0.259. The fourth-order valence-electron chi connectivity index (χ4n) is 3.22. The van der Waals surface area contributed by atoms with E-state index in [4.69, 9.17) is 0 Å². The van der Waals surface area contributed by atoms with Crippen LogP contribution >= 0.6 is 0 Å². The third-order valence-corrected chi connectivity index (χ3v) is 4.58. The molecule has 0 aromatic heterocycles. The maximum Gasteiger partial charge on any atom is 0.259 e. The highest BCUT2D eigenvalue weighted by Crippen LogP contribution is 2.37. The molecule has 106 valence electrons. The molecule has 0 radical (unpaired) electrons. The van der Waals surface area contributed by atoms with Gasteiger partial charge in [0.05, 0.1) is 11.1 Å². The molecule has 0 spiro atoms. The summed E-state index contributed by atoms with van der Waals surface area (Å²) in [5.74, 6) is -0.592. The van der Waals surface area contributed by atoms with Gasteiger partial charge in [0.25, 0.3) is 11.8 Å². The first-order valence-corrected chi connectivity index (χ1v) is 7.24. The first kappa shape index (κ1) is 13.2. The number of benzene rings is 1. The molecule has 0 bridgehead atoms. The van der Waals surface area contributed by atoms with Crippen molar-refractivity contribution >= 4 is 17.5 Å². The molecule has 2 N–H and O–H groups in total. The number of carbonyl (C=O) groups is 2. The monoisotopic (exact) mass is 272 g/mol. The topological polar surface area (TPSA) is 58.2 Å². The van der Waals surface area contributed by atoms with Gasteiger partial charge in [0.2, 0.25) is 0 Å². The van der Waals surface area contributed by atoms with Gasteiger partial charge in [0.15, 0.2) is 0 Å². The van der Waals surface area contributed by atoms with Crippen molar-refractivity contribution in [3.63, 3.8) is 0 Å². The summed E-state index contributed by atoms with van der Waals surface area (Å²) >= 11 is 0. The second kappa shape index (κ2) is 4.62. The number of carbonyl (C=O) groups excluding carboxylic acids is 2. The van der Waals surface area contributed by atoms with Crippen LogP contribution in [-0.2, 0) is 0 Å². The van der Waals surface area contributed by atoms with Gasteiger partial charge in [0, 0.05) is 11.7 Å². The van der Waals surface area contributed by atoms with Crippen LogP contribution in [0, 0.1) is 5.41 Å². The summed E-state index contributed by atoms with van der Waals surface area (Å²) in [6.45, 7) is 4.57. The van der Waals surface area contributed by atoms with Crippen LogP contribution in [0.2, 0.25) is 0 Å². The molecule has 1 unspecified atom stereocenters. The molecule has 1 atom stereocenters. The zero-order valence-electron chi connectivity index (χ0n) is 12.0. The van der Waals surface area contributed by atoms with E-state index in [0.29, 0.717) is 17.2 Å². The molecule has 20 heavy (non-hydrogen) atoms. The van der Waals surface area contributed by atoms with Gasteiger partial charge in [-0.15, -0.1) is 0 Å². The summed E-state index contributed by atoms with van der Waals surface area (Å²) in [4.78, 5) is 23.2. The van der Waals surface area contributed by atoms with E-state index in [0.717, 1.165) is 12.1 Å². The lowest BCUT2D eigenvalue weighted by Crippen LogP contribution is -2.38. The fourth-order valence-corrected chi connectivity index (χ4v) is 3.22. The zero-order chi connectivity index (χ0) is 14.3. The van der Waals surface area contributed by atoms with Crippen LogP contribution in [0.25, 0.3) is 0 Å². The Balaban J connectivity index is 1.84. The maximum absolute atomic E-state index is 11.7. The first-order chi connectivity index (χ1) is 9.47. The van der Waals surface area contributed by atoms with Crippen molar-refractivity contribution in [1.82, 2.24) is 5.32 Å². The van der Waals surface area contributed by atoms with E-state index in [1.165, 1.54) is 19.3 Å². The summed E-state index contributed by atoms with van der Waals surface area (Å²) < 4.78 is 0. The van der Waals surface area contributed by atoms with Crippen LogP contribution in [0.1, 0.15) is 60.2 Å². The molecule has 1 aliphatic carbocycles. The zero-order valence-corrected chi connectivity index (χ0v) is 12.0. The number of nitrogens with one attached hydrogen (secondary N) is 2. The van der Waals surface area contributed by atoms with E-state index >= 15 is 0 Å². The Kier molecular flexibility index (Phi) is 3.04. The highest BCUT2D eigenvalue weighted by atomic mass is 16.2. The highest BCUT2D eigenvalue weighted by molar-refractivity contribution is 6.21. The summed E-state index contributed by atoms with van der Waals surface area (Å²) in [6, 6.07) is 5.82. The SMILES string of the molecule is CC1(C)CCCCC1Nc1ccc2c(c1)C(=O)NC2=O. The molecular formula is C16H20N2O2. The lowest BCUT2D eigenvalue weighted by molar-refractivity contribution is 0.0879. The third kappa shape index (κ3) is 2.19. The van der Waals surface area contributed by atoms with Gasteiger partial charge in [-0.25, -0.2) is 0 Å². The molecule has 4 nitrogen and oxygen atoms in total. The smallest absolute Gasteiger partial charge is 0.259 e. The number of imide groups is 1. The largest absolute Gasteiger partial charge is 0.382 e. The van der Waals surface area contributed by atoms with Gasteiger partial charge in [-0.3, -0.25) is 14.9 Å². The van der Waals surface area contributed by atoms with E-state index in [2.05, 4.69) is 24.5 Å². The Labute approximate surface area is 118 Å². The Morgan fingerprint density at radius 3 is 2.65 bits per heavy atom. The number of fused-ring (bicyclic) bond motifs is 1. The van der Waals surface area contributed by atoms with Gasteiger partial charge < -0.3 is 5.32 Å². The van der Waals surface area contributed by atoms with Crippen molar-refractivity contribution in [1.29, 1.82) is 0 Å². The average molecular weight is 272 g/mol. The predicted octanol–water partition coefficient (Wildman–Crippen LogP) is 2.95. The minimum Gasteiger partial charge on any atom is -0.382 e. The van der Waals surface area contributed by atoms with Gasteiger partial charge in [-0.05, 0) is 36.5 Å². The summed E-state index contributed by atoms with van der Waals surface area (Å²) in [5, 5.41) is 5.87. The highest BCUT2D eigenvalue weighted by Gasteiger charge is 2.33. The second-order valence-corrected chi connectivity index (χ2v) is 6.47. The van der Waals surface area contributed by atoms with Gasteiger partial charge in [0.1, 0.15) is 0 Å². The number of amides is 2. The van der Waals surface area contributed by atoms with Gasteiger partial charge >= 0.3 is 0 Å². The molecular weight excluding hydrogens is 252 g/mol. The van der Waals surface area contributed by atoms with Crippen LogP contribution in [0.15, 0.2) is 18.2 Å². The fraction of sp³-hybridized carbons (Fsp3) is 0.500. The van der Waals surface area contributed by atoms with Crippen molar-refractivity contribution in [2.75, 3.05) is 5.32 Å². The summed E-state index contributed by atoms with van der Waals surface area (Å²) in [7, 11) is 0. The summed E-state index contributed by atoms with van der Waals surface area (Å²) in [6.07, 6.45) is 4.89. The molecule has 0 saturated heterocycles. The number of hydrogen-bond donors (Lipinski definition) is 2. The van der Waals surface area contributed by atoms with Crippen LogP contribution in [0.5, 0.6) is 0 Å². The molecule has 1 heterocycles. The normalized spacial score (nSPS) is 24.2. The van der Waals surface area contributed by atoms with Gasteiger partial charge in [-0.2, -0.15) is 0 Å². The number of rotatable bonds is 2. The van der Waals surface area contributed by atoms with E-state index in [1.54, 1.807) is 12.1 Å². The molecule has 1 aromatic carbocycles. The van der Waals surface area contributed by atoms with Crippen molar-refractivity contribution in [3.8, 4) is 0 Å². The minimum atomic E-state index is -0.297. The van der Waals surface area contributed by atoms with Crippen LogP contribution in [0.4, 0.5) is 5.69 Å². The molecule has 1 aromatic rings. The van der Waals surface area contributed by atoms with Crippen molar-refractivity contribution in [2.45, 2.75) is 45.6 Å². The lowest BCUT2D eigenvalue weighted by Gasteiger charge is -2.39. The van der Waals surface area contributed by atoms with E-state index in [-0.39, 0.29) is 17.2 Å². The Morgan fingerprint density at radius 1 is 1.15 bits per heavy atom. The quantitative estimate of drug-likeness (QED) is 0.814. The Bertz CT molecular complexity index is 578. The van der Waals surface area contributed by atoms with E-state index in [9.17, 15) is 9.59 Å². The predicted molar refractivity (Wildman–Crippen MR) is 77.9 cm³/mol. The molecule has 4 heteroatoms. The van der Waals surface area contributed by atoms with Crippen LogP contribution in [0.3, 0.4) is 0 Å². The summed E-state index contributed by atoms with van der Waals surface area (Å²) in [5.41, 5.74) is 2.14. The first-order valence-electron chi connectivity index (χ1n) is 7.24. The van der Waals surface area contributed by atoms with Crippen LogP contribution in [-0.4, -0.2) is 17.9 Å². The van der Waals surface area contributed by atoms with Crippen molar-refractivity contribution in [3.05, 3.63) is 29.3 Å². The number of hydrogen-bond acceptors (Lipinski definition) is 3. The molecule has 1 aliphatic heterocycles. The molecule has 1 saturated carbocycles. The van der Waals surface area contributed by atoms with Crippen molar-refractivity contribution < 1.29 is 9.59 Å². The molecule has 1 fully saturated rings.